The molecule has 0 atom stereocenters. The summed E-state index contributed by atoms with van der Waals surface area (Å²) in [5, 5.41) is 3.26. The van der Waals surface area contributed by atoms with Gasteiger partial charge in [-0.05, 0) is 25.1 Å². The zero-order valence-corrected chi connectivity index (χ0v) is 11.9. The Hall–Kier alpha value is -2.63. The van der Waals surface area contributed by atoms with Gasteiger partial charge in [-0.3, -0.25) is 4.79 Å². The van der Waals surface area contributed by atoms with Gasteiger partial charge in [0.15, 0.2) is 0 Å². The highest BCUT2D eigenvalue weighted by molar-refractivity contribution is 5.73. The van der Waals surface area contributed by atoms with Gasteiger partial charge in [0, 0.05) is 6.20 Å². The first-order valence-corrected chi connectivity index (χ1v) is 6.67. The van der Waals surface area contributed by atoms with Gasteiger partial charge in [-0.15, -0.1) is 0 Å². The van der Waals surface area contributed by atoms with Crippen molar-refractivity contribution in [2.24, 2.45) is 5.73 Å². The normalized spacial score (nSPS) is 10.1. The summed E-state index contributed by atoms with van der Waals surface area (Å²) >= 11 is 0. The molecule has 1 aromatic carbocycles. The van der Waals surface area contributed by atoms with Gasteiger partial charge in [0.25, 0.3) is 0 Å². The van der Waals surface area contributed by atoms with E-state index >= 15 is 0 Å². The number of hydrogen-bond acceptors (Lipinski definition) is 5. The molecule has 6 heteroatoms. The third kappa shape index (κ3) is 4.76. The SMILES string of the molecule is Cc1nccc(CNc2ccccc2OCCC(N)=O)n1. The molecule has 0 saturated carbocycles. The van der Waals surface area contributed by atoms with E-state index in [-0.39, 0.29) is 18.9 Å². The van der Waals surface area contributed by atoms with Crippen molar-refractivity contribution >= 4 is 11.6 Å². The summed E-state index contributed by atoms with van der Waals surface area (Å²) in [5.74, 6) is 1.04. The minimum Gasteiger partial charge on any atom is -0.491 e. The van der Waals surface area contributed by atoms with Gasteiger partial charge in [-0.2, -0.15) is 0 Å². The number of para-hydroxylation sites is 2. The number of primary amides is 1. The summed E-state index contributed by atoms with van der Waals surface area (Å²) in [6.07, 6.45) is 1.92. The van der Waals surface area contributed by atoms with Gasteiger partial charge in [0.1, 0.15) is 11.6 Å². The van der Waals surface area contributed by atoms with E-state index in [4.69, 9.17) is 10.5 Å². The lowest BCUT2D eigenvalue weighted by Gasteiger charge is -2.12. The number of aromatic nitrogens is 2. The molecular weight excluding hydrogens is 268 g/mol. The quantitative estimate of drug-likeness (QED) is 0.807. The van der Waals surface area contributed by atoms with Crippen LogP contribution in [0.2, 0.25) is 0 Å². The minimum absolute atomic E-state index is 0.194. The molecule has 0 aliphatic heterocycles. The molecule has 21 heavy (non-hydrogen) atoms. The fourth-order valence-corrected chi connectivity index (χ4v) is 1.79. The van der Waals surface area contributed by atoms with Crippen molar-refractivity contribution in [3.8, 4) is 5.75 Å². The van der Waals surface area contributed by atoms with E-state index in [0.29, 0.717) is 12.3 Å². The van der Waals surface area contributed by atoms with Gasteiger partial charge in [-0.1, -0.05) is 12.1 Å². The molecule has 0 unspecified atom stereocenters. The zero-order chi connectivity index (χ0) is 15.1. The molecule has 0 bridgehead atoms. The maximum Gasteiger partial charge on any atom is 0.220 e. The van der Waals surface area contributed by atoms with Crippen molar-refractivity contribution in [1.82, 2.24) is 9.97 Å². The molecule has 0 aliphatic rings. The number of amides is 1. The number of carbonyl (C=O) groups is 1. The highest BCUT2D eigenvalue weighted by Gasteiger charge is 2.04. The largest absolute Gasteiger partial charge is 0.491 e. The van der Waals surface area contributed by atoms with Gasteiger partial charge in [0.2, 0.25) is 5.91 Å². The highest BCUT2D eigenvalue weighted by Crippen LogP contribution is 2.24. The summed E-state index contributed by atoms with van der Waals surface area (Å²) in [6.45, 7) is 2.69. The predicted molar refractivity (Wildman–Crippen MR) is 79.8 cm³/mol. The van der Waals surface area contributed by atoms with Crippen LogP contribution in [0.3, 0.4) is 0 Å². The van der Waals surface area contributed by atoms with Gasteiger partial charge in [0.05, 0.1) is 31.0 Å². The number of aryl methyl sites for hydroxylation is 1. The minimum atomic E-state index is -0.378. The monoisotopic (exact) mass is 286 g/mol. The molecule has 6 nitrogen and oxygen atoms in total. The fourth-order valence-electron chi connectivity index (χ4n) is 1.79. The van der Waals surface area contributed by atoms with Crippen molar-refractivity contribution in [2.75, 3.05) is 11.9 Å². The van der Waals surface area contributed by atoms with Crippen molar-refractivity contribution in [2.45, 2.75) is 19.9 Å². The van der Waals surface area contributed by atoms with E-state index in [1.54, 1.807) is 6.20 Å². The second-order valence-corrected chi connectivity index (χ2v) is 4.51. The van der Waals surface area contributed by atoms with Crippen LogP contribution in [0.15, 0.2) is 36.5 Å². The third-order valence-corrected chi connectivity index (χ3v) is 2.79. The van der Waals surface area contributed by atoms with Crippen LogP contribution in [0.5, 0.6) is 5.75 Å². The Labute approximate surface area is 123 Å². The molecule has 2 aromatic rings. The van der Waals surface area contributed by atoms with Crippen LogP contribution < -0.4 is 15.8 Å². The van der Waals surface area contributed by atoms with Crippen molar-refractivity contribution in [1.29, 1.82) is 0 Å². The topological polar surface area (TPSA) is 90.1 Å². The zero-order valence-electron chi connectivity index (χ0n) is 11.9. The van der Waals surface area contributed by atoms with Crippen molar-refractivity contribution < 1.29 is 9.53 Å². The molecule has 3 N–H and O–H groups in total. The number of nitrogens with one attached hydrogen (secondary N) is 1. The van der Waals surface area contributed by atoms with E-state index in [1.165, 1.54) is 0 Å². The molecule has 1 heterocycles. The Morgan fingerprint density at radius 1 is 1.33 bits per heavy atom. The Morgan fingerprint density at radius 3 is 2.90 bits per heavy atom. The van der Waals surface area contributed by atoms with Gasteiger partial charge >= 0.3 is 0 Å². The predicted octanol–water partition coefficient (Wildman–Crippen LogP) is 1.65. The van der Waals surface area contributed by atoms with Gasteiger partial charge < -0.3 is 15.8 Å². The van der Waals surface area contributed by atoms with E-state index < -0.39 is 0 Å². The van der Waals surface area contributed by atoms with Crippen LogP contribution in [0.1, 0.15) is 17.9 Å². The van der Waals surface area contributed by atoms with E-state index in [2.05, 4.69) is 15.3 Å². The number of ether oxygens (including phenoxy) is 1. The Balaban J connectivity index is 1.97. The van der Waals surface area contributed by atoms with Gasteiger partial charge in [-0.25, -0.2) is 9.97 Å². The van der Waals surface area contributed by atoms with E-state index in [1.807, 2.05) is 37.3 Å². The summed E-state index contributed by atoms with van der Waals surface area (Å²) in [7, 11) is 0. The van der Waals surface area contributed by atoms with Crippen molar-refractivity contribution in [3.63, 3.8) is 0 Å². The smallest absolute Gasteiger partial charge is 0.220 e. The number of anilines is 1. The first kappa shape index (κ1) is 14.8. The van der Waals surface area contributed by atoms with Crippen LogP contribution in [0.4, 0.5) is 5.69 Å². The lowest BCUT2D eigenvalue weighted by molar-refractivity contribution is -0.118. The molecule has 110 valence electrons. The molecule has 2 rings (SSSR count). The molecule has 0 spiro atoms. The maximum absolute atomic E-state index is 10.7. The summed E-state index contributed by atoms with van der Waals surface area (Å²) in [4.78, 5) is 19.1. The van der Waals surface area contributed by atoms with E-state index in [0.717, 1.165) is 17.2 Å². The number of hydrogen-bond donors (Lipinski definition) is 2. The summed E-state index contributed by atoms with van der Waals surface area (Å²) in [5.41, 5.74) is 6.84. The number of nitrogens with zero attached hydrogens (tertiary/aromatic N) is 2. The number of benzene rings is 1. The van der Waals surface area contributed by atoms with E-state index in [9.17, 15) is 4.79 Å². The Bertz CT molecular complexity index is 616. The highest BCUT2D eigenvalue weighted by atomic mass is 16.5. The van der Waals surface area contributed by atoms with Crippen LogP contribution in [0, 0.1) is 6.92 Å². The number of nitrogens with two attached hydrogens (primary N) is 1. The molecule has 1 amide bonds. The average Bonchev–Trinajstić information content (AvgIpc) is 2.46. The Kier molecular flexibility index (Phi) is 5.09. The van der Waals surface area contributed by atoms with Crippen LogP contribution in [-0.4, -0.2) is 22.5 Å². The molecule has 0 saturated heterocycles. The summed E-state index contributed by atoms with van der Waals surface area (Å²) < 4.78 is 5.56. The second kappa shape index (κ2) is 7.23. The second-order valence-electron chi connectivity index (χ2n) is 4.51. The first-order valence-electron chi connectivity index (χ1n) is 6.67. The third-order valence-electron chi connectivity index (χ3n) is 2.79. The molecule has 0 fully saturated rings. The molecule has 0 aliphatic carbocycles. The number of carbonyl (C=O) groups excluding carboxylic acids is 1. The summed E-state index contributed by atoms with van der Waals surface area (Å²) in [6, 6.07) is 9.40. The Morgan fingerprint density at radius 2 is 2.14 bits per heavy atom. The van der Waals surface area contributed by atoms with Crippen molar-refractivity contribution in [3.05, 3.63) is 48.0 Å². The number of rotatable bonds is 7. The first-order chi connectivity index (χ1) is 10.1. The fraction of sp³-hybridized carbons (Fsp3) is 0.267. The van der Waals surface area contributed by atoms with Crippen LogP contribution in [0.25, 0.3) is 0 Å². The standard InChI is InChI=1S/C15H18N4O2/c1-11-17-8-6-12(19-11)10-18-13-4-2-3-5-14(13)21-9-7-15(16)20/h2-6,8,18H,7,9-10H2,1H3,(H2,16,20). The maximum atomic E-state index is 10.7. The molecule has 0 radical (unpaired) electrons. The average molecular weight is 286 g/mol. The molecular formula is C15H18N4O2. The van der Waals surface area contributed by atoms with Crippen LogP contribution in [-0.2, 0) is 11.3 Å². The lowest BCUT2D eigenvalue weighted by Crippen LogP contribution is -2.15. The molecule has 1 aromatic heterocycles. The van der Waals surface area contributed by atoms with Crippen LogP contribution >= 0.6 is 0 Å². The lowest BCUT2D eigenvalue weighted by atomic mass is 10.2.